The van der Waals surface area contributed by atoms with E-state index in [1.807, 2.05) is 11.8 Å². The van der Waals surface area contributed by atoms with E-state index in [4.69, 9.17) is 18.0 Å². The van der Waals surface area contributed by atoms with Gasteiger partial charge in [0, 0.05) is 11.8 Å². The lowest BCUT2D eigenvalue weighted by atomic mass is 10.0. The second-order valence-corrected chi connectivity index (χ2v) is 6.40. The highest BCUT2D eigenvalue weighted by atomic mass is 32.2. The number of aryl methyl sites for hydroxylation is 1. The predicted octanol–water partition coefficient (Wildman–Crippen LogP) is 2.79. The second-order valence-electron chi connectivity index (χ2n) is 4.68. The molecule has 0 saturated carbocycles. The third-order valence-electron chi connectivity index (χ3n) is 3.34. The number of nitrogens with two attached hydrogens (primary N) is 1. The van der Waals surface area contributed by atoms with Crippen molar-refractivity contribution in [2.75, 3.05) is 18.1 Å². The zero-order chi connectivity index (χ0) is 15.1. The van der Waals surface area contributed by atoms with Crippen molar-refractivity contribution in [3.63, 3.8) is 0 Å². The summed E-state index contributed by atoms with van der Waals surface area (Å²) in [4.78, 5) is 0.395. The summed E-state index contributed by atoms with van der Waals surface area (Å²) >= 11 is 7.06. The highest BCUT2D eigenvalue weighted by molar-refractivity contribution is 7.99. The first-order chi connectivity index (χ1) is 9.54. The van der Waals surface area contributed by atoms with Gasteiger partial charge in [-0.1, -0.05) is 33.0 Å². The lowest BCUT2D eigenvalue weighted by Crippen LogP contribution is -2.20. The van der Waals surface area contributed by atoms with Crippen molar-refractivity contribution in [1.82, 2.24) is 10.2 Å². The zero-order valence-corrected chi connectivity index (χ0v) is 14.3. The number of nitrogens with zero attached hydrogens (tertiary/aromatic N) is 2. The number of thiocarbonyl (C=S) groups is 1. The monoisotopic (exact) mass is 312 g/mol. The fraction of sp³-hybridized carbons (Fsp3) is 0.643. The van der Waals surface area contributed by atoms with Crippen molar-refractivity contribution >= 4 is 34.8 Å². The van der Waals surface area contributed by atoms with Gasteiger partial charge >= 0.3 is 0 Å². The van der Waals surface area contributed by atoms with E-state index < -0.39 is 0 Å². The van der Waals surface area contributed by atoms with E-state index in [9.17, 15) is 0 Å². The SMILES string of the molecule is CCc1nnc(NCCC(C)SC)c(C(N)=S)c1CC. The van der Waals surface area contributed by atoms with E-state index >= 15 is 0 Å². The van der Waals surface area contributed by atoms with Crippen LogP contribution in [0.25, 0.3) is 0 Å². The van der Waals surface area contributed by atoms with Crippen LogP contribution in [-0.4, -0.2) is 33.2 Å². The van der Waals surface area contributed by atoms with E-state index in [2.05, 4.69) is 42.5 Å². The number of hydrogen-bond donors (Lipinski definition) is 2. The second kappa shape index (κ2) is 8.42. The van der Waals surface area contributed by atoms with Crippen LogP contribution in [0.15, 0.2) is 0 Å². The molecule has 0 aliphatic rings. The Labute approximate surface area is 131 Å². The van der Waals surface area contributed by atoms with E-state index in [1.54, 1.807) is 0 Å². The number of hydrogen-bond acceptors (Lipinski definition) is 5. The van der Waals surface area contributed by atoms with Crippen LogP contribution in [0.1, 0.15) is 44.0 Å². The minimum Gasteiger partial charge on any atom is -0.389 e. The summed E-state index contributed by atoms with van der Waals surface area (Å²) in [7, 11) is 0. The van der Waals surface area contributed by atoms with Crippen LogP contribution in [0, 0.1) is 0 Å². The molecule has 1 aromatic heterocycles. The molecule has 0 bridgehead atoms. The Balaban J connectivity index is 2.98. The largest absolute Gasteiger partial charge is 0.389 e. The molecule has 1 atom stereocenters. The Kier molecular flexibility index (Phi) is 7.23. The molecule has 3 N–H and O–H groups in total. The van der Waals surface area contributed by atoms with E-state index in [0.717, 1.165) is 48.4 Å². The summed E-state index contributed by atoms with van der Waals surface area (Å²) in [5.41, 5.74) is 8.86. The maximum atomic E-state index is 5.89. The summed E-state index contributed by atoms with van der Waals surface area (Å²) < 4.78 is 0. The van der Waals surface area contributed by atoms with Gasteiger partial charge in [0.1, 0.15) is 4.99 Å². The van der Waals surface area contributed by atoms with Crippen LogP contribution in [-0.2, 0) is 12.8 Å². The fourth-order valence-corrected chi connectivity index (χ4v) is 2.65. The van der Waals surface area contributed by atoms with Gasteiger partial charge in [0.2, 0.25) is 0 Å². The average Bonchev–Trinajstić information content (AvgIpc) is 2.45. The van der Waals surface area contributed by atoms with Crippen LogP contribution < -0.4 is 11.1 Å². The molecule has 0 aromatic carbocycles. The Hall–Kier alpha value is -0.880. The molecule has 4 nitrogen and oxygen atoms in total. The Morgan fingerprint density at radius 2 is 2.05 bits per heavy atom. The molecule has 0 fully saturated rings. The first kappa shape index (κ1) is 17.2. The molecule has 112 valence electrons. The van der Waals surface area contributed by atoms with E-state index in [0.29, 0.717) is 10.2 Å². The summed E-state index contributed by atoms with van der Waals surface area (Å²) in [5, 5.41) is 12.5. The third kappa shape index (κ3) is 4.31. The lowest BCUT2D eigenvalue weighted by Gasteiger charge is -2.16. The van der Waals surface area contributed by atoms with Crippen LogP contribution in [0.5, 0.6) is 0 Å². The molecular formula is C14H24N4S2. The summed E-state index contributed by atoms with van der Waals surface area (Å²) in [6.07, 6.45) is 4.89. The number of nitrogens with one attached hydrogen (secondary N) is 1. The third-order valence-corrected chi connectivity index (χ3v) is 4.58. The normalized spacial score (nSPS) is 12.2. The molecular weight excluding hydrogens is 288 g/mol. The fourth-order valence-electron chi connectivity index (χ4n) is 2.07. The molecule has 0 radical (unpaired) electrons. The molecule has 1 rings (SSSR count). The minimum absolute atomic E-state index is 0.395. The molecule has 1 heterocycles. The van der Waals surface area contributed by atoms with Crippen LogP contribution in [0.4, 0.5) is 5.82 Å². The highest BCUT2D eigenvalue weighted by Crippen LogP contribution is 2.21. The topological polar surface area (TPSA) is 63.8 Å². The van der Waals surface area contributed by atoms with Gasteiger partial charge in [-0.25, -0.2) is 0 Å². The molecule has 0 spiro atoms. The quantitative estimate of drug-likeness (QED) is 0.720. The average molecular weight is 313 g/mol. The molecule has 1 unspecified atom stereocenters. The Morgan fingerprint density at radius 1 is 1.35 bits per heavy atom. The maximum Gasteiger partial charge on any atom is 0.159 e. The smallest absolute Gasteiger partial charge is 0.159 e. The number of anilines is 1. The van der Waals surface area contributed by atoms with Gasteiger partial charge in [0.05, 0.1) is 11.3 Å². The van der Waals surface area contributed by atoms with E-state index in [-0.39, 0.29) is 0 Å². The maximum absolute atomic E-state index is 5.89. The molecule has 0 saturated heterocycles. The molecule has 0 aliphatic heterocycles. The van der Waals surface area contributed by atoms with Gasteiger partial charge in [0.25, 0.3) is 0 Å². The van der Waals surface area contributed by atoms with Gasteiger partial charge in [-0.15, -0.1) is 5.10 Å². The first-order valence-corrected chi connectivity index (χ1v) is 8.69. The number of rotatable bonds is 8. The molecule has 0 aliphatic carbocycles. The number of aromatic nitrogens is 2. The van der Waals surface area contributed by atoms with Crippen molar-refractivity contribution < 1.29 is 0 Å². The highest BCUT2D eigenvalue weighted by Gasteiger charge is 2.16. The summed E-state index contributed by atoms with van der Waals surface area (Å²) in [6.45, 7) is 7.22. The van der Waals surface area contributed by atoms with Gasteiger partial charge in [-0.3, -0.25) is 0 Å². The standard InChI is InChI=1S/C14H24N4S2/c1-5-10-11(6-2)17-18-14(12(10)13(15)19)16-8-7-9(3)20-4/h9H,5-8H2,1-4H3,(H2,15,19)(H,16,18). The Bertz CT molecular complexity index is 463. The lowest BCUT2D eigenvalue weighted by molar-refractivity contribution is 0.830. The summed E-state index contributed by atoms with van der Waals surface area (Å²) in [6, 6.07) is 0. The minimum atomic E-state index is 0.395. The zero-order valence-electron chi connectivity index (χ0n) is 12.7. The van der Waals surface area contributed by atoms with Crippen molar-refractivity contribution in [2.24, 2.45) is 5.73 Å². The van der Waals surface area contributed by atoms with Crippen LogP contribution in [0.3, 0.4) is 0 Å². The van der Waals surface area contributed by atoms with Gasteiger partial charge in [-0.05, 0) is 31.1 Å². The molecule has 0 amide bonds. The van der Waals surface area contributed by atoms with Crippen molar-refractivity contribution in [3.8, 4) is 0 Å². The van der Waals surface area contributed by atoms with Crippen LogP contribution >= 0.6 is 24.0 Å². The molecule has 6 heteroatoms. The predicted molar refractivity (Wildman–Crippen MR) is 92.8 cm³/mol. The number of thioether (sulfide) groups is 1. The van der Waals surface area contributed by atoms with E-state index in [1.165, 1.54) is 0 Å². The van der Waals surface area contributed by atoms with Crippen molar-refractivity contribution in [2.45, 2.75) is 45.3 Å². The van der Waals surface area contributed by atoms with Gasteiger partial charge in [0.15, 0.2) is 5.82 Å². The van der Waals surface area contributed by atoms with Crippen LogP contribution in [0.2, 0.25) is 0 Å². The Morgan fingerprint density at radius 3 is 2.55 bits per heavy atom. The van der Waals surface area contributed by atoms with Gasteiger partial charge in [-0.2, -0.15) is 16.9 Å². The van der Waals surface area contributed by atoms with Crippen molar-refractivity contribution in [1.29, 1.82) is 0 Å². The molecule has 1 aromatic rings. The van der Waals surface area contributed by atoms with Gasteiger partial charge < -0.3 is 11.1 Å². The van der Waals surface area contributed by atoms with Crippen molar-refractivity contribution in [3.05, 3.63) is 16.8 Å². The summed E-state index contributed by atoms with van der Waals surface area (Å²) in [5.74, 6) is 0.722. The molecule has 20 heavy (non-hydrogen) atoms. The first-order valence-electron chi connectivity index (χ1n) is 6.99.